The maximum atomic E-state index is 9.12. The molecule has 4 nitrogen and oxygen atoms in total. The van der Waals surface area contributed by atoms with Crippen molar-refractivity contribution in [1.82, 2.24) is 4.98 Å². The molecule has 1 rings (SSSR count). The zero-order valence-electron chi connectivity index (χ0n) is 11.1. The smallest absolute Gasteiger partial charge is 0.144 e. The van der Waals surface area contributed by atoms with Gasteiger partial charge in [0.2, 0.25) is 0 Å². The van der Waals surface area contributed by atoms with Gasteiger partial charge in [-0.3, -0.25) is 0 Å². The Morgan fingerprint density at radius 3 is 2.65 bits per heavy atom. The van der Waals surface area contributed by atoms with Crippen LogP contribution in [0.25, 0.3) is 0 Å². The molecule has 1 heterocycles. The second-order valence-electron chi connectivity index (χ2n) is 4.73. The van der Waals surface area contributed by atoms with Crippen molar-refractivity contribution < 1.29 is 4.74 Å². The van der Waals surface area contributed by atoms with Crippen LogP contribution >= 0.6 is 0 Å². The third kappa shape index (κ3) is 3.43. The summed E-state index contributed by atoms with van der Waals surface area (Å²) in [5.41, 5.74) is 2.16. The van der Waals surface area contributed by atoms with Gasteiger partial charge in [0, 0.05) is 19.3 Å². The summed E-state index contributed by atoms with van der Waals surface area (Å²) < 4.78 is 5.32. The van der Waals surface area contributed by atoms with Gasteiger partial charge in [-0.05, 0) is 39.3 Å². The van der Waals surface area contributed by atoms with E-state index >= 15 is 0 Å². The molecule has 0 aromatic carbocycles. The van der Waals surface area contributed by atoms with E-state index in [1.807, 2.05) is 33.8 Å². The van der Waals surface area contributed by atoms with Crippen LogP contribution in [0, 0.1) is 25.2 Å². The number of methoxy groups -OCH3 is 1. The maximum Gasteiger partial charge on any atom is 0.144 e. The van der Waals surface area contributed by atoms with Gasteiger partial charge >= 0.3 is 0 Å². The average Bonchev–Trinajstić information content (AvgIpc) is 2.26. The number of hydrogen-bond donors (Lipinski definition) is 1. The molecular formula is C13H19N3O. The quantitative estimate of drug-likeness (QED) is 0.867. The van der Waals surface area contributed by atoms with Crippen LogP contribution in [0.2, 0.25) is 0 Å². The predicted octanol–water partition coefficient (Wildman–Crippen LogP) is 2.41. The van der Waals surface area contributed by atoms with Crippen molar-refractivity contribution in [3.63, 3.8) is 0 Å². The Balaban J connectivity index is 2.95. The monoisotopic (exact) mass is 233 g/mol. The Kier molecular flexibility index (Phi) is 4.08. The van der Waals surface area contributed by atoms with Gasteiger partial charge in [0.1, 0.15) is 11.9 Å². The number of hydrogen-bond acceptors (Lipinski definition) is 4. The summed E-state index contributed by atoms with van der Waals surface area (Å²) in [7, 11) is 1.67. The lowest BCUT2D eigenvalue weighted by atomic mass is 10.1. The number of rotatable bonds is 4. The van der Waals surface area contributed by atoms with Crippen LogP contribution in [0.1, 0.15) is 30.7 Å². The molecule has 0 unspecified atom stereocenters. The molecular weight excluding hydrogens is 214 g/mol. The van der Waals surface area contributed by atoms with Gasteiger partial charge in [-0.15, -0.1) is 0 Å². The zero-order valence-corrected chi connectivity index (χ0v) is 11.1. The fourth-order valence-corrected chi connectivity index (χ4v) is 1.47. The summed E-state index contributed by atoms with van der Waals surface area (Å²) in [5, 5.41) is 12.3. The van der Waals surface area contributed by atoms with Gasteiger partial charge in [-0.1, -0.05) is 0 Å². The first kappa shape index (κ1) is 13.5. The number of aromatic nitrogens is 1. The van der Waals surface area contributed by atoms with E-state index < -0.39 is 0 Å². The summed E-state index contributed by atoms with van der Waals surface area (Å²) in [5.74, 6) is 0.634. The normalized spacial score (nSPS) is 11.1. The summed E-state index contributed by atoms with van der Waals surface area (Å²) in [6.45, 7) is 8.40. The third-order valence-electron chi connectivity index (χ3n) is 2.69. The third-order valence-corrected chi connectivity index (χ3v) is 2.69. The molecule has 0 atom stereocenters. The number of aryl methyl sites for hydroxylation is 2. The standard InChI is InChI=1S/C13H19N3O/c1-9-6-10(2)16-12(11(9)7-14)15-8-13(3,4)17-5/h6H,8H2,1-5H3,(H,15,16). The van der Waals surface area contributed by atoms with E-state index in [0.717, 1.165) is 11.3 Å². The molecule has 92 valence electrons. The van der Waals surface area contributed by atoms with Crippen LogP contribution in [0.4, 0.5) is 5.82 Å². The first-order valence-corrected chi connectivity index (χ1v) is 5.57. The fraction of sp³-hybridized carbons (Fsp3) is 0.538. The van der Waals surface area contributed by atoms with Gasteiger partial charge in [0.25, 0.3) is 0 Å². The minimum Gasteiger partial charge on any atom is -0.377 e. The molecule has 0 spiro atoms. The Morgan fingerprint density at radius 1 is 1.47 bits per heavy atom. The van der Waals surface area contributed by atoms with Crippen LogP contribution in [0.3, 0.4) is 0 Å². The van der Waals surface area contributed by atoms with Crippen molar-refractivity contribution in [1.29, 1.82) is 5.26 Å². The van der Waals surface area contributed by atoms with Gasteiger partial charge in [-0.25, -0.2) is 4.98 Å². The number of anilines is 1. The summed E-state index contributed by atoms with van der Waals surface area (Å²) in [4.78, 5) is 4.35. The van der Waals surface area contributed by atoms with E-state index in [4.69, 9.17) is 10.00 Å². The molecule has 4 heteroatoms. The lowest BCUT2D eigenvalue weighted by molar-refractivity contribution is 0.0343. The second-order valence-corrected chi connectivity index (χ2v) is 4.73. The average molecular weight is 233 g/mol. The SMILES string of the molecule is COC(C)(C)CNc1nc(C)cc(C)c1C#N. The van der Waals surface area contributed by atoms with E-state index in [2.05, 4.69) is 16.4 Å². The van der Waals surface area contributed by atoms with Crippen LogP contribution in [0.15, 0.2) is 6.07 Å². The minimum absolute atomic E-state index is 0.286. The van der Waals surface area contributed by atoms with Crippen LogP contribution in [-0.2, 0) is 4.74 Å². The van der Waals surface area contributed by atoms with E-state index in [-0.39, 0.29) is 5.60 Å². The zero-order chi connectivity index (χ0) is 13.1. The molecule has 0 saturated heterocycles. The molecule has 0 saturated carbocycles. The Bertz CT molecular complexity index is 447. The molecule has 0 fully saturated rings. The van der Waals surface area contributed by atoms with Crippen molar-refractivity contribution >= 4 is 5.82 Å². The van der Waals surface area contributed by atoms with Crippen LogP contribution < -0.4 is 5.32 Å². The Labute approximate surface area is 103 Å². The highest BCUT2D eigenvalue weighted by Gasteiger charge is 2.17. The molecule has 0 radical (unpaired) electrons. The topological polar surface area (TPSA) is 57.9 Å². The molecule has 1 aromatic rings. The van der Waals surface area contributed by atoms with Crippen molar-refractivity contribution in [2.75, 3.05) is 19.0 Å². The van der Waals surface area contributed by atoms with Crippen molar-refractivity contribution in [3.8, 4) is 6.07 Å². The predicted molar refractivity (Wildman–Crippen MR) is 68.0 cm³/mol. The molecule has 1 aromatic heterocycles. The molecule has 0 aliphatic rings. The van der Waals surface area contributed by atoms with Crippen molar-refractivity contribution in [2.24, 2.45) is 0 Å². The number of nitrogens with zero attached hydrogens (tertiary/aromatic N) is 2. The van der Waals surface area contributed by atoms with E-state index in [1.165, 1.54) is 0 Å². The Hall–Kier alpha value is -1.60. The first-order valence-electron chi connectivity index (χ1n) is 5.57. The minimum atomic E-state index is -0.286. The van der Waals surface area contributed by atoms with Crippen LogP contribution in [0.5, 0.6) is 0 Å². The largest absolute Gasteiger partial charge is 0.377 e. The molecule has 0 bridgehead atoms. The van der Waals surface area contributed by atoms with E-state index in [9.17, 15) is 0 Å². The van der Waals surface area contributed by atoms with E-state index in [1.54, 1.807) is 7.11 Å². The summed E-state index contributed by atoms with van der Waals surface area (Å²) >= 11 is 0. The highest BCUT2D eigenvalue weighted by Crippen LogP contribution is 2.18. The van der Waals surface area contributed by atoms with Gasteiger partial charge in [-0.2, -0.15) is 5.26 Å². The lowest BCUT2D eigenvalue weighted by Crippen LogP contribution is -2.32. The second kappa shape index (κ2) is 5.15. The molecule has 0 amide bonds. The highest BCUT2D eigenvalue weighted by atomic mass is 16.5. The Morgan fingerprint density at radius 2 is 2.12 bits per heavy atom. The molecule has 17 heavy (non-hydrogen) atoms. The van der Waals surface area contributed by atoms with Gasteiger partial charge < -0.3 is 10.1 Å². The summed E-state index contributed by atoms with van der Waals surface area (Å²) in [6, 6.07) is 4.09. The number of nitrogens with one attached hydrogen (secondary N) is 1. The van der Waals surface area contributed by atoms with Crippen molar-refractivity contribution in [2.45, 2.75) is 33.3 Å². The summed E-state index contributed by atoms with van der Waals surface area (Å²) in [6.07, 6.45) is 0. The van der Waals surface area contributed by atoms with Gasteiger partial charge in [0.15, 0.2) is 0 Å². The maximum absolute atomic E-state index is 9.12. The molecule has 1 N–H and O–H groups in total. The highest BCUT2D eigenvalue weighted by molar-refractivity contribution is 5.56. The number of pyridine rings is 1. The van der Waals surface area contributed by atoms with Crippen molar-refractivity contribution in [3.05, 3.63) is 22.9 Å². The van der Waals surface area contributed by atoms with Gasteiger partial charge in [0.05, 0.1) is 11.2 Å². The molecule has 0 aliphatic heterocycles. The number of nitriles is 1. The van der Waals surface area contributed by atoms with Crippen LogP contribution in [-0.4, -0.2) is 24.2 Å². The van der Waals surface area contributed by atoms with E-state index in [0.29, 0.717) is 17.9 Å². The lowest BCUT2D eigenvalue weighted by Gasteiger charge is -2.24. The fourth-order valence-electron chi connectivity index (χ4n) is 1.47. The first-order chi connectivity index (χ1) is 7.89. The number of ether oxygens (including phenoxy) is 1. The molecule has 0 aliphatic carbocycles.